The first-order chi connectivity index (χ1) is 8.09. The highest BCUT2D eigenvalue weighted by Crippen LogP contribution is 2.15. The number of nitrogens with zero attached hydrogens (tertiary/aromatic N) is 1. The molecule has 5 heteroatoms. The molecule has 0 aromatic heterocycles. The van der Waals surface area contributed by atoms with Crippen molar-refractivity contribution in [1.82, 2.24) is 10.2 Å². The van der Waals surface area contributed by atoms with E-state index in [-0.39, 0.29) is 11.6 Å². The smallest absolute Gasteiger partial charge is 0.256 e. The first-order valence-corrected chi connectivity index (χ1v) is 5.52. The van der Waals surface area contributed by atoms with Gasteiger partial charge in [0.1, 0.15) is 11.6 Å². The first kappa shape index (κ1) is 12.0. The fraction of sp³-hybridized carbons (Fsp3) is 0.417. The normalized spacial score (nSPS) is 19.4. The maximum absolute atomic E-state index is 13.4. The second-order valence-electron chi connectivity index (χ2n) is 4.19. The van der Waals surface area contributed by atoms with Gasteiger partial charge in [0.05, 0.1) is 5.56 Å². The molecule has 92 valence electrons. The van der Waals surface area contributed by atoms with Gasteiger partial charge in [-0.3, -0.25) is 4.79 Å². The molecule has 1 fully saturated rings. The van der Waals surface area contributed by atoms with Crippen molar-refractivity contribution >= 4 is 5.91 Å². The molecular weight excluding hydrogens is 226 g/mol. The number of rotatable bonds is 2. The molecule has 0 bridgehead atoms. The van der Waals surface area contributed by atoms with Crippen molar-refractivity contribution < 1.29 is 13.6 Å². The molecule has 2 rings (SSSR count). The molecule has 0 saturated carbocycles. The molecular formula is C12H14F2N2O. The summed E-state index contributed by atoms with van der Waals surface area (Å²) in [5, 5.41) is 3.12. The molecule has 1 saturated heterocycles. The highest BCUT2D eigenvalue weighted by molar-refractivity contribution is 5.94. The Bertz CT molecular complexity index is 431. The summed E-state index contributed by atoms with van der Waals surface area (Å²) in [4.78, 5) is 13.5. The average Bonchev–Trinajstić information content (AvgIpc) is 2.84. The Kier molecular flexibility index (Phi) is 3.38. The van der Waals surface area contributed by atoms with E-state index in [1.807, 2.05) is 0 Å². The summed E-state index contributed by atoms with van der Waals surface area (Å²) in [6, 6.07) is 2.97. The summed E-state index contributed by atoms with van der Waals surface area (Å²) < 4.78 is 26.4. The molecule has 3 nitrogen and oxygen atoms in total. The Morgan fingerprint density at radius 2 is 2.24 bits per heavy atom. The molecule has 1 amide bonds. The fourth-order valence-corrected chi connectivity index (χ4v) is 1.99. The van der Waals surface area contributed by atoms with Gasteiger partial charge >= 0.3 is 0 Å². The van der Waals surface area contributed by atoms with E-state index in [4.69, 9.17) is 0 Å². The lowest BCUT2D eigenvalue weighted by molar-refractivity contribution is 0.0738. The van der Waals surface area contributed by atoms with Crippen LogP contribution in [0.2, 0.25) is 0 Å². The highest BCUT2D eigenvalue weighted by Gasteiger charge is 2.25. The third-order valence-corrected chi connectivity index (χ3v) is 3.06. The van der Waals surface area contributed by atoms with Crippen LogP contribution in [0.5, 0.6) is 0 Å². The van der Waals surface area contributed by atoms with Gasteiger partial charge in [-0.2, -0.15) is 0 Å². The van der Waals surface area contributed by atoms with Gasteiger partial charge in [-0.15, -0.1) is 0 Å². The van der Waals surface area contributed by atoms with Crippen LogP contribution in [-0.2, 0) is 0 Å². The molecule has 0 radical (unpaired) electrons. The minimum absolute atomic E-state index is 0.0465. The number of amides is 1. The van der Waals surface area contributed by atoms with Gasteiger partial charge in [-0.1, -0.05) is 0 Å². The Hall–Kier alpha value is -1.49. The monoisotopic (exact) mass is 240 g/mol. The van der Waals surface area contributed by atoms with Crippen molar-refractivity contribution in [3.05, 3.63) is 35.4 Å². The number of benzene rings is 1. The topological polar surface area (TPSA) is 32.3 Å². The largest absolute Gasteiger partial charge is 0.337 e. The Morgan fingerprint density at radius 3 is 2.88 bits per heavy atom. The molecule has 1 heterocycles. The van der Waals surface area contributed by atoms with Crippen LogP contribution in [0.25, 0.3) is 0 Å². The van der Waals surface area contributed by atoms with E-state index in [9.17, 15) is 13.6 Å². The highest BCUT2D eigenvalue weighted by atomic mass is 19.1. The average molecular weight is 240 g/mol. The van der Waals surface area contributed by atoms with Crippen molar-refractivity contribution in [2.75, 3.05) is 20.1 Å². The molecule has 0 aliphatic carbocycles. The number of hydrogen-bond acceptors (Lipinski definition) is 2. The summed E-state index contributed by atoms with van der Waals surface area (Å²) in [5.41, 5.74) is -0.209. The maximum atomic E-state index is 13.4. The minimum atomic E-state index is -0.686. The van der Waals surface area contributed by atoms with Crippen LogP contribution in [0, 0.1) is 11.6 Å². The zero-order valence-electron chi connectivity index (χ0n) is 9.54. The van der Waals surface area contributed by atoms with Gasteiger partial charge in [0, 0.05) is 19.6 Å². The predicted molar refractivity (Wildman–Crippen MR) is 59.7 cm³/mol. The zero-order chi connectivity index (χ0) is 12.4. The van der Waals surface area contributed by atoms with Crippen LogP contribution >= 0.6 is 0 Å². The lowest BCUT2D eigenvalue weighted by Gasteiger charge is -2.23. The summed E-state index contributed by atoms with van der Waals surface area (Å²) in [6.07, 6.45) is 0.833. The van der Waals surface area contributed by atoms with E-state index in [0.717, 1.165) is 31.2 Å². The van der Waals surface area contributed by atoms with Gasteiger partial charge in [-0.05, 0) is 31.2 Å². The van der Waals surface area contributed by atoms with Crippen molar-refractivity contribution in [3.8, 4) is 0 Å². The van der Waals surface area contributed by atoms with Crippen molar-refractivity contribution in [3.63, 3.8) is 0 Å². The van der Waals surface area contributed by atoms with Gasteiger partial charge < -0.3 is 10.2 Å². The fourth-order valence-electron chi connectivity index (χ4n) is 1.99. The first-order valence-electron chi connectivity index (χ1n) is 5.52. The summed E-state index contributed by atoms with van der Waals surface area (Å²) in [5.74, 6) is -1.77. The Morgan fingerprint density at radius 1 is 1.47 bits per heavy atom. The zero-order valence-corrected chi connectivity index (χ0v) is 9.54. The lowest BCUT2D eigenvalue weighted by Crippen LogP contribution is -2.38. The second-order valence-corrected chi connectivity index (χ2v) is 4.19. The lowest BCUT2D eigenvalue weighted by atomic mass is 10.1. The Balaban J connectivity index is 2.20. The van der Waals surface area contributed by atoms with Crippen LogP contribution < -0.4 is 5.32 Å². The van der Waals surface area contributed by atoms with E-state index in [0.29, 0.717) is 6.54 Å². The Labute approximate surface area is 98.4 Å². The summed E-state index contributed by atoms with van der Waals surface area (Å²) in [6.45, 7) is 1.53. The van der Waals surface area contributed by atoms with E-state index >= 15 is 0 Å². The van der Waals surface area contributed by atoms with Crippen molar-refractivity contribution in [2.24, 2.45) is 0 Å². The number of hydrogen-bond donors (Lipinski definition) is 1. The van der Waals surface area contributed by atoms with Crippen molar-refractivity contribution in [1.29, 1.82) is 0 Å². The molecule has 0 spiro atoms. The van der Waals surface area contributed by atoms with Crippen LogP contribution in [0.15, 0.2) is 18.2 Å². The molecule has 1 aliphatic rings. The molecule has 1 aliphatic heterocycles. The molecule has 1 aromatic carbocycles. The number of carbonyl (C=O) groups excluding carboxylic acids is 1. The quantitative estimate of drug-likeness (QED) is 0.847. The molecule has 1 atom stereocenters. The SMILES string of the molecule is CN(C(=O)c1cc(F)ccc1F)C1CCNC1. The number of carbonyl (C=O) groups is 1. The molecule has 17 heavy (non-hydrogen) atoms. The van der Waals surface area contributed by atoms with Crippen LogP contribution in [0.1, 0.15) is 16.8 Å². The summed E-state index contributed by atoms with van der Waals surface area (Å²) in [7, 11) is 1.62. The third kappa shape index (κ3) is 2.44. The van der Waals surface area contributed by atoms with Crippen LogP contribution in [0.3, 0.4) is 0 Å². The van der Waals surface area contributed by atoms with Crippen LogP contribution in [-0.4, -0.2) is 37.0 Å². The molecule has 1 aromatic rings. The van der Waals surface area contributed by atoms with E-state index in [1.54, 1.807) is 7.05 Å². The second kappa shape index (κ2) is 4.79. The number of likely N-dealkylation sites (N-methyl/N-ethyl adjacent to an activating group) is 1. The number of halogens is 2. The summed E-state index contributed by atoms with van der Waals surface area (Å²) >= 11 is 0. The molecule has 1 unspecified atom stereocenters. The van der Waals surface area contributed by atoms with Gasteiger partial charge in [0.15, 0.2) is 0 Å². The molecule has 1 N–H and O–H groups in total. The maximum Gasteiger partial charge on any atom is 0.256 e. The van der Waals surface area contributed by atoms with E-state index in [2.05, 4.69) is 5.32 Å². The van der Waals surface area contributed by atoms with Crippen LogP contribution in [0.4, 0.5) is 8.78 Å². The third-order valence-electron chi connectivity index (χ3n) is 3.06. The minimum Gasteiger partial charge on any atom is -0.337 e. The van der Waals surface area contributed by atoms with Gasteiger partial charge in [-0.25, -0.2) is 8.78 Å². The number of nitrogens with one attached hydrogen (secondary N) is 1. The van der Waals surface area contributed by atoms with E-state index in [1.165, 1.54) is 4.90 Å². The van der Waals surface area contributed by atoms with E-state index < -0.39 is 17.5 Å². The van der Waals surface area contributed by atoms with Gasteiger partial charge in [0.2, 0.25) is 0 Å². The van der Waals surface area contributed by atoms with Crippen molar-refractivity contribution in [2.45, 2.75) is 12.5 Å². The standard InChI is InChI=1S/C12H14F2N2O/c1-16(9-4-5-15-7-9)12(17)10-6-8(13)2-3-11(10)14/h2-3,6,9,15H,4-5,7H2,1H3. The van der Waals surface area contributed by atoms with Gasteiger partial charge in [0.25, 0.3) is 5.91 Å². The predicted octanol–water partition coefficient (Wildman–Crippen LogP) is 1.40.